The summed E-state index contributed by atoms with van der Waals surface area (Å²) in [5, 5.41) is 7.47. The highest BCUT2D eigenvalue weighted by Crippen LogP contribution is 2.30. The standard InChI is InChI=1S/C25H30N4O5S3/c1-15(2)12-18(28-25(32)22-13-21-20(36-22)9-11-35-21)24(31)27-17-7-5-10-29(14-19(17)30)37(33,34)23-8-4-6-16(3)26-23/h4,6,8-9,11,13,15,17-18H,5,7,10,12,14H2,1-3H3,(H,27,31)(H,28,32)/t17-,18?/m0/s1. The maximum Gasteiger partial charge on any atom is 0.262 e. The predicted molar refractivity (Wildman–Crippen MR) is 144 cm³/mol. The first-order valence-corrected chi connectivity index (χ1v) is 15.2. The normalized spacial score (nSPS) is 18.1. The molecule has 0 bridgehead atoms. The number of amides is 2. The molecule has 0 saturated carbocycles. The molecule has 0 radical (unpaired) electrons. The lowest BCUT2D eigenvalue weighted by atomic mass is 10.0. The van der Waals surface area contributed by atoms with Crippen LogP contribution < -0.4 is 10.6 Å². The van der Waals surface area contributed by atoms with Crippen molar-refractivity contribution in [2.75, 3.05) is 13.1 Å². The van der Waals surface area contributed by atoms with E-state index in [1.54, 1.807) is 30.4 Å². The maximum absolute atomic E-state index is 13.2. The van der Waals surface area contributed by atoms with Crippen LogP contribution in [0.4, 0.5) is 0 Å². The van der Waals surface area contributed by atoms with Crippen LogP contribution in [0.1, 0.15) is 48.5 Å². The Bertz CT molecular complexity index is 1380. The van der Waals surface area contributed by atoms with Crippen molar-refractivity contribution in [3.63, 3.8) is 0 Å². The van der Waals surface area contributed by atoms with Crippen LogP contribution in [0, 0.1) is 12.8 Å². The molecule has 0 aromatic carbocycles. The van der Waals surface area contributed by atoms with Crippen LogP contribution in [-0.4, -0.2) is 60.5 Å². The molecule has 198 valence electrons. The van der Waals surface area contributed by atoms with Gasteiger partial charge in [-0.25, -0.2) is 13.4 Å². The number of hydrogen-bond donors (Lipinski definition) is 2. The summed E-state index contributed by atoms with van der Waals surface area (Å²) in [6, 6.07) is 6.84. The second-order valence-corrected chi connectivity index (χ2v) is 13.5. The zero-order chi connectivity index (χ0) is 26.7. The van der Waals surface area contributed by atoms with E-state index >= 15 is 0 Å². The predicted octanol–water partition coefficient (Wildman–Crippen LogP) is 3.35. The highest BCUT2D eigenvalue weighted by atomic mass is 32.2. The van der Waals surface area contributed by atoms with E-state index in [0.717, 1.165) is 13.7 Å². The van der Waals surface area contributed by atoms with E-state index in [4.69, 9.17) is 0 Å². The van der Waals surface area contributed by atoms with E-state index in [1.807, 2.05) is 31.4 Å². The molecule has 0 aliphatic carbocycles. The van der Waals surface area contributed by atoms with E-state index in [2.05, 4.69) is 15.6 Å². The monoisotopic (exact) mass is 562 g/mol. The van der Waals surface area contributed by atoms with Gasteiger partial charge in [-0.2, -0.15) is 4.31 Å². The van der Waals surface area contributed by atoms with Gasteiger partial charge in [0, 0.05) is 21.6 Å². The molecule has 1 aliphatic heterocycles. The fraction of sp³-hybridized carbons (Fsp3) is 0.440. The number of ketones is 1. The quantitative estimate of drug-likeness (QED) is 0.434. The Morgan fingerprint density at radius 2 is 2.00 bits per heavy atom. The van der Waals surface area contributed by atoms with Gasteiger partial charge in [-0.3, -0.25) is 14.4 Å². The minimum atomic E-state index is -3.94. The van der Waals surface area contributed by atoms with Crippen molar-refractivity contribution in [2.45, 2.75) is 57.1 Å². The molecule has 4 heterocycles. The van der Waals surface area contributed by atoms with Crippen LogP contribution in [0.25, 0.3) is 9.40 Å². The second-order valence-electron chi connectivity index (χ2n) is 9.54. The fourth-order valence-electron chi connectivity index (χ4n) is 4.23. The summed E-state index contributed by atoms with van der Waals surface area (Å²) < 4.78 is 29.3. The van der Waals surface area contributed by atoms with Crippen LogP contribution in [0.2, 0.25) is 0 Å². The number of nitrogens with zero attached hydrogens (tertiary/aromatic N) is 2. The summed E-state index contributed by atoms with van der Waals surface area (Å²) >= 11 is 2.92. The second kappa shape index (κ2) is 11.4. The van der Waals surface area contributed by atoms with Crippen molar-refractivity contribution < 1.29 is 22.8 Å². The van der Waals surface area contributed by atoms with Gasteiger partial charge in [-0.15, -0.1) is 22.7 Å². The molecule has 1 aliphatic rings. The molecular formula is C25H30N4O5S3. The van der Waals surface area contributed by atoms with Gasteiger partial charge in [0.2, 0.25) is 5.91 Å². The molecule has 37 heavy (non-hydrogen) atoms. The molecule has 2 atom stereocenters. The van der Waals surface area contributed by atoms with Crippen molar-refractivity contribution in [1.29, 1.82) is 0 Å². The average molecular weight is 563 g/mol. The van der Waals surface area contributed by atoms with E-state index in [0.29, 0.717) is 29.8 Å². The van der Waals surface area contributed by atoms with Crippen molar-refractivity contribution in [1.82, 2.24) is 19.9 Å². The number of hydrogen-bond acceptors (Lipinski definition) is 8. The number of aryl methyl sites for hydroxylation is 1. The van der Waals surface area contributed by atoms with Crippen LogP contribution in [0.5, 0.6) is 0 Å². The Kier molecular flexibility index (Phi) is 8.42. The van der Waals surface area contributed by atoms with Crippen molar-refractivity contribution in [3.05, 3.63) is 46.3 Å². The first-order chi connectivity index (χ1) is 17.5. The van der Waals surface area contributed by atoms with Gasteiger partial charge in [0.25, 0.3) is 15.9 Å². The van der Waals surface area contributed by atoms with Gasteiger partial charge in [-0.05, 0) is 61.7 Å². The summed E-state index contributed by atoms with van der Waals surface area (Å²) in [5.41, 5.74) is 0.563. The minimum Gasteiger partial charge on any atom is -0.344 e. The van der Waals surface area contributed by atoms with Gasteiger partial charge in [0.05, 0.1) is 17.5 Å². The van der Waals surface area contributed by atoms with Crippen molar-refractivity contribution in [3.8, 4) is 0 Å². The van der Waals surface area contributed by atoms with Crippen LogP contribution >= 0.6 is 22.7 Å². The molecule has 1 saturated heterocycles. The highest BCUT2D eigenvalue weighted by molar-refractivity contribution is 7.89. The number of pyridine rings is 1. The third-order valence-corrected chi connectivity index (χ3v) is 9.94. The molecule has 3 aromatic heterocycles. The number of sulfonamides is 1. The van der Waals surface area contributed by atoms with E-state index in [1.165, 1.54) is 17.4 Å². The highest BCUT2D eigenvalue weighted by Gasteiger charge is 2.35. The minimum absolute atomic E-state index is 0.101. The molecule has 1 fully saturated rings. The topological polar surface area (TPSA) is 126 Å². The van der Waals surface area contributed by atoms with Crippen molar-refractivity contribution >= 4 is 59.7 Å². The summed E-state index contributed by atoms with van der Waals surface area (Å²) in [6.45, 7) is 5.40. The number of nitrogens with one attached hydrogen (secondary N) is 2. The Hall–Kier alpha value is -2.67. The maximum atomic E-state index is 13.2. The molecule has 3 aromatic rings. The lowest BCUT2D eigenvalue weighted by molar-refractivity contribution is -0.129. The van der Waals surface area contributed by atoms with E-state index in [9.17, 15) is 22.8 Å². The van der Waals surface area contributed by atoms with E-state index < -0.39 is 33.8 Å². The average Bonchev–Trinajstić information content (AvgIpc) is 3.39. The molecule has 2 N–H and O–H groups in total. The number of carbonyl (C=O) groups excluding carboxylic acids is 3. The van der Waals surface area contributed by atoms with Gasteiger partial charge >= 0.3 is 0 Å². The SMILES string of the molecule is Cc1cccc(S(=O)(=O)N2CCC[C@H](NC(=O)C(CC(C)C)NC(=O)c3cc4sccc4s3)C(=O)C2)n1. The first-order valence-electron chi connectivity index (χ1n) is 12.1. The fourth-order valence-corrected chi connectivity index (χ4v) is 7.68. The summed E-state index contributed by atoms with van der Waals surface area (Å²) in [7, 11) is -3.94. The zero-order valence-electron chi connectivity index (χ0n) is 20.9. The van der Waals surface area contributed by atoms with E-state index in [-0.39, 0.29) is 29.9 Å². The number of thiophene rings is 2. The number of rotatable bonds is 8. The number of aromatic nitrogens is 1. The largest absolute Gasteiger partial charge is 0.344 e. The number of carbonyl (C=O) groups is 3. The van der Waals surface area contributed by atoms with Gasteiger partial charge in [-0.1, -0.05) is 19.9 Å². The Morgan fingerprint density at radius 3 is 2.70 bits per heavy atom. The molecule has 12 heteroatoms. The third-order valence-electron chi connectivity index (χ3n) is 6.10. The zero-order valence-corrected chi connectivity index (χ0v) is 23.3. The summed E-state index contributed by atoms with van der Waals surface area (Å²) in [5.74, 6) is -1.05. The Labute approximate surface area is 224 Å². The lowest BCUT2D eigenvalue weighted by Gasteiger charge is -2.23. The van der Waals surface area contributed by atoms with Gasteiger partial charge < -0.3 is 10.6 Å². The lowest BCUT2D eigenvalue weighted by Crippen LogP contribution is -2.52. The number of Topliss-reactive ketones (excluding diaryl/α,β-unsaturated/α-hetero) is 1. The Morgan fingerprint density at radius 1 is 1.22 bits per heavy atom. The van der Waals surface area contributed by atoms with Gasteiger partial charge in [0.1, 0.15) is 6.04 Å². The van der Waals surface area contributed by atoms with Crippen LogP contribution in [-0.2, 0) is 19.6 Å². The smallest absolute Gasteiger partial charge is 0.262 e. The molecule has 0 spiro atoms. The van der Waals surface area contributed by atoms with Crippen LogP contribution in [0.3, 0.4) is 0 Å². The Balaban J connectivity index is 1.43. The van der Waals surface area contributed by atoms with Crippen molar-refractivity contribution in [2.24, 2.45) is 5.92 Å². The summed E-state index contributed by atoms with van der Waals surface area (Å²) in [6.07, 6.45) is 1.11. The summed E-state index contributed by atoms with van der Waals surface area (Å²) in [4.78, 5) is 43.8. The third kappa shape index (κ3) is 6.43. The number of fused-ring (bicyclic) bond motifs is 1. The van der Waals surface area contributed by atoms with Gasteiger partial charge in [0.15, 0.2) is 10.8 Å². The first kappa shape index (κ1) is 27.4. The van der Waals surface area contributed by atoms with Crippen LogP contribution in [0.15, 0.2) is 40.7 Å². The molecule has 9 nitrogen and oxygen atoms in total. The molecular weight excluding hydrogens is 532 g/mol. The molecule has 1 unspecified atom stereocenters. The molecule has 4 rings (SSSR count). The molecule has 2 amide bonds.